The van der Waals surface area contributed by atoms with E-state index in [0.717, 1.165) is 16.1 Å². The number of hydrogen-bond donors (Lipinski definition) is 2. The van der Waals surface area contributed by atoms with Gasteiger partial charge in [-0.1, -0.05) is 18.2 Å². The van der Waals surface area contributed by atoms with E-state index in [-0.39, 0.29) is 17.8 Å². The molecular weight excluding hydrogens is 370 g/mol. The number of anilines is 2. The summed E-state index contributed by atoms with van der Waals surface area (Å²) in [5.74, 6) is -0.974. The smallest absolute Gasteiger partial charge is 0.267 e. The summed E-state index contributed by atoms with van der Waals surface area (Å²) in [5.41, 5.74) is 6.96. The molecule has 0 fully saturated rings. The molecule has 8 nitrogen and oxygen atoms in total. The van der Waals surface area contributed by atoms with E-state index >= 15 is 0 Å². The largest absolute Gasteiger partial charge is 0.476 e. The van der Waals surface area contributed by atoms with E-state index in [1.165, 1.54) is 12.1 Å². The predicted molar refractivity (Wildman–Crippen MR) is 101 cm³/mol. The minimum absolute atomic E-state index is 0.151. The number of sulfonamides is 1. The molecule has 0 aromatic heterocycles. The summed E-state index contributed by atoms with van der Waals surface area (Å²) < 4.78 is 31.3. The van der Waals surface area contributed by atoms with Crippen LogP contribution in [0.1, 0.15) is 15.9 Å². The van der Waals surface area contributed by atoms with Crippen LogP contribution >= 0.6 is 0 Å². The van der Waals surface area contributed by atoms with E-state index in [1.807, 2.05) is 6.92 Å². The van der Waals surface area contributed by atoms with Crippen molar-refractivity contribution in [3.8, 4) is 5.75 Å². The Hall–Kier alpha value is -3.07. The topological polar surface area (TPSA) is 119 Å². The summed E-state index contributed by atoms with van der Waals surface area (Å²) in [6.07, 6.45) is -0.0159. The van der Waals surface area contributed by atoms with Crippen molar-refractivity contribution in [2.24, 2.45) is 5.73 Å². The number of para-hydroxylation sites is 1. The summed E-state index contributed by atoms with van der Waals surface area (Å²) >= 11 is 0. The molecule has 0 saturated carbocycles. The maximum Gasteiger partial charge on any atom is 0.267 e. The number of nitrogens with zero attached hydrogens (tertiary/aromatic N) is 1. The number of hydrogen-bond acceptors (Lipinski definition) is 5. The fourth-order valence-electron chi connectivity index (χ4n) is 2.83. The first-order valence-corrected chi connectivity index (χ1v) is 9.96. The fourth-order valence-corrected chi connectivity index (χ4v) is 3.74. The zero-order valence-corrected chi connectivity index (χ0v) is 15.6. The van der Waals surface area contributed by atoms with Crippen LogP contribution in [-0.2, 0) is 14.8 Å². The number of rotatable bonds is 4. The van der Waals surface area contributed by atoms with Crippen LogP contribution in [0.2, 0.25) is 0 Å². The molecular formula is C18H19N3O5S. The maximum atomic E-state index is 12.7. The molecule has 0 aliphatic carbocycles. The van der Waals surface area contributed by atoms with Crippen LogP contribution in [0.4, 0.5) is 11.4 Å². The summed E-state index contributed by atoms with van der Waals surface area (Å²) in [6, 6.07) is 11.4. The van der Waals surface area contributed by atoms with Crippen LogP contribution in [-0.4, -0.2) is 39.1 Å². The monoisotopic (exact) mass is 389 g/mol. The van der Waals surface area contributed by atoms with Gasteiger partial charge in [-0.2, -0.15) is 0 Å². The molecule has 0 unspecified atom stereocenters. The van der Waals surface area contributed by atoms with Crippen molar-refractivity contribution in [3.63, 3.8) is 0 Å². The van der Waals surface area contributed by atoms with Crippen molar-refractivity contribution in [1.29, 1.82) is 0 Å². The Morgan fingerprint density at radius 3 is 2.59 bits per heavy atom. The SMILES string of the molecule is Cc1ccc2c(c1)N(S(C)(=O)=O)C[C@@H](C(=O)Nc1ccccc1C(N)=O)O2. The van der Waals surface area contributed by atoms with Gasteiger partial charge in [-0.15, -0.1) is 0 Å². The second-order valence-corrected chi connectivity index (χ2v) is 8.18. The first-order valence-electron chi connectivity index (χ1n) is 8.11. The van der Waals surface area contributed by atoms with Crippen molar-refractivity contribution in [3.05, 3.63) is 53.6 Å². The number of carbonyl (C=O) groups is 2. The van der Waals surface area contributed by atoms with E-state index < -0.39 is 27.9 Å². The molecule has 1 atom stereocenters. The van der Waals surface area contributed by atoms with E-state index in [0.29, 0.717) is 11.4 Å². The summed E-state index contributed by atoms with van der Waals surface area (Å²) in [7, 11) is -3.62. The maximum absolute atomic E-state index is 12.7. The quantitative estimate of drug-likeness (QED) is 0.816. The number of benzene rings is 2. The van der Waals surface area contributed by atoms with E-state index in [4.69, 9.17) is 10.5 Å². The van der Waals surface area contributed by atoms with Crippen LogP contribution in [0.25, 0.3) is 0 Å². The number of aryl methyl sites for hydroxylation is 1. The standard InChI is InChI=1S/C18H19N3O5S/c1-11-7-8-15-14(9-11)21(27(2,24)25)10-16(26-15)18(23)20-13-6-4-3-5-12(13)17(19)22/h3-9,16H,10H2,1-2H3,(H2,19,22)(H,20,23)/t16-/m0/s1. The lowest BCUT2D eigenvalue weighted by Gasteiger charge is -2.34. The van der Waals surface area contributed by atoms with E-state index in [2.05, 4.69) is 5.32 Å². The Morgan fingerprint density at radius 2 is 1.93 bits per heavy atom. The number of ether oxygens (including phenoxy) is 1. The third kappa shape index (κ3) is 3.87. The first-order chi connectivity index (χ1) is 12.7. The second-order valence-electron chi connectivity index (χ2n) is 6.27. The number of carbonyl (C=O) groups excluding carboxylic acids is 2. The van der Waals surface area contributed by atoms with Crippen LogP contribution in [0.5, 0.6) is 5.75 Å². The third-order valence-corrected chi connectivity index (χ3v) is 5.27. The Labute approximate surface area is 157 Å². The fraction of sp³-hybridized carbons (Fsp3) is 0.222. The number of primary amides is 1. The minimum Gasteiger partial charge on any atom is -0.476 e. The van der Waals surface area contributed by atoms with Crippen molar-refractivity contribution in [2.45, 2.75) is 13.0 Å². The van der Waals surface area contributed by atoms with Crippen molar-refractivity contribution >= 4 is 33.2 Å². The van der Waals surface area contributed by atoms with Gasteiger partial charge < -0.3 is 15.8 Å². The highest BCUT2D eigenvalue weighted by Crippen LogP contribution is 2.36. The molecule has 2 aromatic carbocycles. The van der Waals surface area contributed by atoms with Gasteiger partial charge in [0, 0.05) is 0 Å². The summed E-state index contributed by atoms with van der Waals surface area (Å²) in [6.45, 7) is 1.65. The molecule has 2 aromatic rings. The van der Waals surface area contributed by atoms with Gasteiger partial charge in [-0.25, -0.2) is 8.42 Å². The number of amides is 2. The van der Waals surface area contributed by atoms with E-state index in [1.54, 1.807) is 30.3 Å². The van der Waals surface area contributed by atoms with Gasteiger partial charge in [-0.05, 0) is 36.8 Å². The Morgan fingerprint density at radius 1 is 1.22 bits per heavy atom. The van der Waals surface area contributed by atoms with Gasteiger partial charge in [-0.3, -0.25) is 13.9 Å². The summed E-state index contributed by atoms with van der Waals surface area (Å²) in [4.78, 5) is 24.2. The predicted octanol–water partition coefficient (Wildman–Crippen LogP) is 1.26. The lowest BCUT2D eigenvalue weighted by Crippen LogP contribution is -2.48. The molecule has 1 heterocycles. The number of fused-ring (bicyclic) bond motifs is 1. The average Bonchev–Trinajstić information content (AvgIpc) is 2.60. The Balaban J connectivity index is 1.91. The molecule has 0 radical (unpaired) electrons. The molecule has 27 heavy (non-hydrogen) atoms. The van der Waals surface area contributed by atoms with Crippen LogP contribution in [0, 0.1) is 6.92 Å². The number of nitrogens with one attached hydrogen (secondary N) is 1. The van der Waals surface area contributed by atoms with Crippen molar-refractivity contribution in [2.75, 3.05) is 22.4 Å². The molecule has 0 saturated heterocycles. The van der Waals surface area contributed by atoms with Crippen LogP contribution in [0.15, 0.2) is 42.5 Å². The highest BCUT2D eigenvalue weighted by Gasteiger charge is 2.35. The lowest BCUT2D eigenvalue weighted by molar-refractivity contribution is -0.122. The molecule has 1 aliphatic rings. The highest BCUT2D eigenvalue weighted by molar-refractivity contribution is 7.92. The molecule has 9 heteroatoms. The van der Waals surface area contributed by atoms with Crippen molar-refractivity contribution in [1.82, 2.24) is 0 Å². The van der Waals surface area contributed by atoms with Crippen LogP contribution in [0.3, 0.4) is 0 Å². The van der Waals surface area contributed by atoms with Gasteiger partial charge in [0.1, 0.15) is 5.75 Å². The molecule has 1 aliphatic heterocycles. The average molecular weight is 389 g/mol. The first kappa shape index (κ1) is 18.7. The van der Waals surface area contributed by atoms with E-state index in [9.17, 15) is 18.0 Å². The molecule has 142 valence electrons. The Kier molecular flexibility index (Phi) is 4.79. The molecule has 3 N–H and O–H groups in total. The van der Waals surface area contributed by atoms with Gasteiger partial charge in [0.2, 0.25) is 10.0 Å². The van der Waals surface area contributed by atoms with Gasteiger partial charge in [0.05, 0.1) is 29.7 Å². The Bertz CT molecular complexity index is 1020. The third-order valence-electron chi connectivity index (χ3n) is 4.13. The van der Waals surface area contributed by atoms with Gasteiger partial charge in [0.15, 0.2) is 6.10 Å². The van der Waals surface area contributed by atoms with Gasteiger partial charge in [0.25, 0.3) is 11.8 Å². The van der Waals surface area contributed by atoms with Crippen molar-refractivity contribution < 1.29 is 22.7 Å². The summed E-state index contributed by atoms with van der Waals surface area (Å²) in [5, 5.41) is 2.59. The zero-order chi connectivity index (χ0) is 19.8. The minimum atomic E-state index is -3.62. The molecule has 0 spiro atoms. The normalized spacial score (nSPS) is 16.2. The number of nitrogens with two attached hydrogens (primary N) is 1. The lowest BCUT2D eigenvalue weighted by atomic mass is 10.1. The van der Waals surface area contributed by atoms with Crippen LogP contribution < -0.4 is 20.1 Å². The zero-order valence-electron chi connectivity index (χ0n) is 14.8. The highest BCUT2D eigenvalue weighted by atomic mass is 32.2. The van der Waals surface area contributed by atoms with Gasteiger partial charge >= 0.3 is 0 Å². The second kappa shape index (κ2) is 6.92. The molecule has 2 amide bonds. The molecule has 0 bridgehead atoms. The molecule has 3 rings (SSSR count).